The number of benzene rings is 2. The molecule has 0 heterocycles. The molecule has 0 aromatic heterocycles. The van der Waals surface area contributed by atoms with Crippen molar-refractivity contribution >= 4 is 15.9 Å². The average Bonchev–Trinajstić information content (AvgIpc) is 2.57. The molecule has 0 saturated carbocycles. The Bertz CT molecular complexity index is 629. The second-order valence-corrected chi connectivity index (χ2v) is 5.94. The smallest absolute Gasteiger partial charge is 0.175 e. The highest BCUT2D eigenvalue weighted by Gasteiger charge is 2.12. The molecule has 0 fully saturated rings. The number of hydrogen-bond donors (Lipinski definition) is 1. The van der Waals surface area contributed by atoms with Gasteiger partial charge in [0.15, 0.2) is 11.5 Å². The van der Waals surface area contributed by atoms with Crippen LogP contribution in [0.4, 0.5) is 0 Å². The van der Waals surface area contributed by atoms with Crippen LogP contribution in [0.1, 0.15) is 18.1 Å². The van der Waals surface area contributed by atoms with E-state index in [0.29, 0.717) is 6.61 Å². The van der Waals surface area contributed by atoms with Gasteiger partial charge in [-0.15, -0.1) is 0 Å². The number of rotatable bonds is 8. The molecule has 2 aromatic rings. The Labute approximate surface area is 145 Å². The van der Waals surface area contributed by atoms with Gasteiger partial charge < -0.3 is 19.5 Å². The van der Waals surface area contributed by atoms with Crippen molar-refractivity contribution in [2.24, 2.45) is 0 Å². The fraction of sp³-hybridized carbons (Fsp3) is 0.333. The van der Waals surface area contributed by atoms with Crippen LogP contribution in [0, 0.1) is 0 Å². The summed E-state index contributed by atoms with van der Waals surface area (Å²) in [6.45, 7) is 4.35. The zero-order valence-electron chi connectivity index (χ0n) is 13.8. The summed E-state index contributed by atoms with van der Waals surface area (Å²) in [5, 5.41) is 2.25. The van der Waals surface area contributed by atoms with Crippen molar-refractivity contribution in [2.45, 2.75) is 20.0 Å². The van der Waals surface area contributed by atoms with Crippen molar-refractivity contribution in [1.29, 1.82) is 0 Å². The Balaban J connectivity index is 1.98. The molecule has 0 aliphatic rings. The molecule has 2 aromatic carbocycles. The van der Waals surface area contributed by atoms with Crippen LogP contribution in [0.25, 0.3) is 0 Å². The third kappa shape index (κ3) is 4.88. The van der Waals surface area contributed by atoms with E-state index in [9.17, 15) is 0 Å². The summed E-state index contributed by atoms with van der Waals surface area (Å²) >= 11 is 3.56. The first-order valence-electron chi connectivity index (χ1n) is 7.61. The van der Waals surface area contributed by atoms with Crippen LogP contribution in [0.15, 0.2) is 40.9 Å². The van der Waals surface area contributed by atoms with E-state index in [2.05, 4.69) is 39.4 Å². The Hall–Kier alpha value is -1.72. The van der Waals surface area contributed by atoms with Crippen LogP contribution in [0.2, 0.25) is 0 Å². The van der Waals surface area contributed by atoms with E-state index in [1.54, 1.807) is 14.2 Å². The lowest BCUT2D eigenvalue weighted by molar-refractivity contribution is -0.686. The van der Waals surface area contributed by atoms with Crippen molar-refractivity contribution in [2.75, 3.05) is 20.8 Å². The van der Waals surface area contributed by atoms with Crippen molar-refractivity contribution in [1.82, 2.24) is 0 Å². The van der Waals surface area contributed by atoms with Gasteiger partial charge in [0, 0.05) is 11.1 Å². The fourth-order valence-electron chi connectivity index (χ4n) is 2.34. The molecule has 0 unspecified atom stereocenters. The average molecular weight is 381 g/mol. The van der Waals surface area contributed by atoms with Gasteiger partial charge >= 0.3 is 0 Å². The van der Waals surface area contributed by atoms with Gasteiger partial charge in [-0.25, -0.2) is 0 Å². The molecule has 0 radical (unpaired) electrons. The van der Waals surface area contributed by atoms with E-state index < -0.39 is 0 Å². The molecule has 2 rings (SSSR count). The first-order chi connectivity index (χ1) is 11.2. The van der Waals surface area contributed by atoms with Crippen LogP contribution in [-0.4, -0.2) is 20.8 Å². The van der Waals surface area contributed by atoms with Crippen LogP contribution in [-0.2, 0) is 13.1 Å². The lowest BCUT2D eigenvalue weighted by Crippen LogP contribution is -2.80. The third-order valence-electron chi connectivity index (χ3n) is 3.50. The number of nitrogens with two attached hydrogens (primary N) is 1. The summed E-state index contributed by atoms with van der Waals surface area (Å²) in [5.74, 6) is 2.40. The molecule has 2 N–H and O–H groups in total. The monoisotopic (exact) mass is 380 g/mol. The summed E-state index contributed by atoms with van der Waals surface area (Å²) in [6.07, 6.45) is 0. The van der Waals surface area contributed by atoms with Crippen LogP contribution < -0.4 is 19.5 Å². The zero-order chi connectivity index (χ0) is 16.7. The highest BCUT2D eigenvalue weighted by atomic mass is 79.9. The predicted octanol–water partition coefficient (Wildman–Crippen LogP) is 3.13. The fourth-order valence-corrected chi connectivity index (χ4v) is 2.95. The highest BCUT2D eigenvalue weighted by molar-refractivity contribution is 9.10. The summed E-state index contributed by atoms with van der Waals surface area (Å²) in [5.41, 5.74) is 2.45. The van der Waals surface area contributed by atoms with E-state index in [1.807, 2.05) is 25.1 Å². The van der Waals surface area contributed by atoms with Gasteiger partial charge in [-0.2, -0.15) is 0 Å². The summed E-state index contributed by atoms with van der Waals surface area (Å²) in [4.78, 5) is 0. The highest BCUT2D eigenvalue weighted by Crippen LogP contribution is 2.36. The number of quaternary nitrogens is 1. The minimum absolute atomic E-state index is 0.609. The topological polar surface area (TPSA) is 44.3 Å². The molecule has 5 heteroatoms. The molecule has 4 nitrogen and oxygen atoms in total. The van der Waals surface area contributed by atoms with E-state index in [-0.39, 0.29) is 0 Å². The molecule has 0 spiro atoms. The van der Waals surface area contributed by atoms with Crippen LogP contribution >= 0.6 is 15.9 Å². The molecule has 23 heavy (non-hydrogen) atoms. The molecule has 0 amide bonds. The van der Waals surface area contributed by atoms with Crippen LogP contribution in [0.5, 0.6) is 17.2 Å². The SMILES string of the molecule is CCOc1c(Br)cc(C[NH2+]Cc2ccc(OC)cc2)cc1OC. The van der Waals surface area contributed by atoms with Gasteiger partial charge in [0.05, 0.1) is 25.3 Å². The van der Waals surface area contributed by atoms with E-state index in [0.717, 1.165) is 34.8 Å². The molecule has 0 aliphatic carbocycles. The predicted molar refractivity (Wildman–Crippen MR) is 94.2 cm³/mol. The molecule has 0 saturated heterocycles. The van der Waals surface area contributed by atoms with Gasteiger partial charge in [-0.3, -0.25) is 0 Å². The Morgan fingerprint density at radius 2 is 1.65 bits per heavy atom. The number of methoxy groups -OCH3 is 2. The number of halogens is 1. The third-order valence-corrected chi connectivity index (χ3v) is 4.09. The summed E-state index contributed by atoms with van der Waals surface area (Å²) < 4.78 is 17.1. The maximum absolute atomic E-state index is 5.62. The molecular weight excluding hydrogens is 358 g/mol. The van der Waals surface area contributed by atoms with Gasteiger partial charge in [-0.1, -0.05) is 0 Å². The number of hydrogen-bond acceptors (Lipinski definition) is 3. The van der Waals surface area contributed by atoms with E-state index >= 15 is 0 Å². The molecular formula is C18H23BrNO3+. The van der Waals surface area contributed by atoms with Crippen molar-refractivity contribution in [3.8, 4) is 17.2 Å². The molecule has 0 atom stereocenters. The first-order valence-corrected chi connectivity index (χ1v) is 8.41. The van der Waals surface area contributed by atoms with Gasteiger partial charge in [-0.05, 0) is 59.3 Å². The van der Waals surface area contributed by atoms with Crippen LogP contribution in [0.3, 0.4) is 0 Å². The maximum Gasteiger partial charge on any atom is 0.175 e. The van der Waals surface area contributed by atoms with Crippen molar-refractivity contribution in [3.63, 3.8) is 0 Å². The second-order valence-electron chi connectivity index (χ2n) is 5.09. The zero-order valence-corrected chi connectivity index (χ0v) is 15.4. The quantitative estimate of drug-likeness (QED) is 0.764. The van der Waals surface area contributed by atoms with Crippen molar-refractivity contribution < 1.29 is 19.5 Å². The second kappa shape index (κ2) is 8.79. The molecule has 0 aliphatic heterocycles. The lowest BCUT2D eigenvalue weighted by atomic mass is 10.2. The summed E-state index contributed by atoms with van der Waals surface area (Å²) in [6, 6.07) is 12.3. The summed E-state index contributed by atoms with van der Waals surface area (Å²) in [7, 11) is 3.34. The standard InChI is InChI=1S/C18H22BrNO3/c1-4-23-18-16(19)9-14(10-17(18)22-3)12-20-11-13-5-7-15(21-2)8-6-13/h5-10,20H,4,11-12H2,1-3H3/p+1. The normalized spacial score (nSPS) is 10.4. The van der Waals surface area contributed by atoms with Gasteiger partial charge in [0.1, 0.15) is 18.8 Å². The Kier molecular flexibility index (Phi) is 6.74. The molecule has 0 bridgehead atoms. The first kappa shape index (κ1) is 17.6. The minimum atomic E-state index is 0.609. The maximum atomic E-state index is 5.62. The lowest BCUT2D eigenvalue weighted by Gasteiger charge is -2.13. The van der Waals surface area contributed by atoms with E-state index in [1.165, 1.54) is 11.1 Å². The minimum Gasteiger partial charge on any atom is -0.497 e. The Morgan fingerprint density at radius 1 is 0.957 bits per heavy atom. The van der Waals surface area contributed by atoms with Crippen molar-refractivity contribution in [3.05, 3.63) is 52.0 Å². The largest absolute Gasteiger partial charge is 0.497 e. The van der Waals surface area contributed by atoms with Gasteiger partial charge in [0.2, 0.25) is 0 Å². The molecule has 124 valence electrons. The van der Waals surface area contributed by atoms with E-state index in [4.69, 9.17) is 14.2 Å². The number of ether oxygens (including phenoxy) is 3. The van der Waals surface area contributed by atoms with Gasteiger partial charge in [0.25, 0.3) is 0 Å². The Morgan fingerprint density at radius 3 is 2.26 bits per heavy atom.